The van der Waals surface area contributed by atoms with Crippen molar-refractivity contribution in [2.45, 2.75) is 0 Å². The van der Waals surface area contributed by atoms with Crippen LogP contribution in [-0.4, -0.2) is 49.0 Å². The topological polar surface area (TPSA) is 84.7 Å². The van der Waals surface area contributed by atoms with Crippen LogP contribution in [0.5, 0.6) is 5.75 Å². The molecule has 7 heteroatoms. The minimum atomic E-state index is -0.530. The SMILES string of the molecule is COc1c(C(=O)N2CC3CNCC3C2)cccc1[N+](=O)[O-]. The zero-order chi connectivity index (χ0) is 15.0. The van der Waals surface area contributed by atoms with Crippen molar-refractivity contribution in [1.82, 2.24) is 10.2 Å². The molecule has 2 aliphatic heterocycles. The summed E-state index contributed by atoms with van der Waals surface area (Å²) in [6, 6.07) is 4.45. The third-order valence-corrected chi connectivity index (χ3v) is 4.30. The molecule has 2 atom stereocenters. The van der Waals surface area contributed by atoms with Gasteiger partial charge in [0.25, 0.3) is 5.91 Å². The largest absolute Gasteiger partial charge is 0.490 e. The number of nitro groups is 1. The Hall–Kier alpha value is -2.15. The van der Waals surface area contributed by atoms with Crippen molar-refractivity contribution >= 4 is 11.6 Å². The molecule has 2 aliphatic rings. The number of ether oxygens (including phenoxy) is 1. The van der Waals surface area contributed by atoms with Crippen LogP contribution in [0.1, 0.15) is 10.4 Å². The molecule has 1 N–H and O–H groups in total. The molecule has 112 valence electrons. The highest BCUT2D eigenvalue weighted by Gasteiger charge is 2.39. The fourth-order valence-corrected chi connectivity index (χ4v) is 3.24. The van der Waals surface area contributed by atoms with E-state index in [4.69, 9.17) is 4.74 Å². The zero-order valence-corrected chi connectivity index (χ0v) is 11.7. The molecule has 2 heterocycles. The number of nitrogens with one attached hydrogen (secondary N) is 1. The molecule has 0 saturated carbocycles. The number of nitro benzene ring substituents is 1. The Bertz CT molecular complexity index is 578. The summed E-state index contributed by atoms with van der Waals surface area (Å²) >= 11 is 0. The van der Waals surface area contributed by atoms with Crippen LogP contribution in [-0.2, 0) is 0 Å². The third kappa shape index (κ3) is 2.33. The van der Waals surface area contributed by atoms with Gasteiger partial charge in [0, 0.05) is 32.2 Å². The van der Waals surface area contributed by atoms with E-state index in [2.05, 4.69) is 5.32 Å². The summed E-state index contributed by atoms with van der Waals surface area (Å²) in [4.78, 5) is 24.9. The molecule has 1 amide bonds. The van der Waals surface area contributed by atoms with Crippen molar-refractivity contribution in [2.75, 3.05) is 33.3 Å². The van der Waals surface area contributed by atoms with E-state index < -0.39 is 4.92 Å². The van der Waals surface area contributed by atoms with Crippen molar-refractivity contribution in [3.8, 4) is 5.75 Å². The maximum atomic E-state index is 12.6. The third-order valence-electron chi connectivity index (χ3n) is 4.30. The number of benzene rings is 1. The maximum Gasteiger partial charge on any atom is 0.311 e. The second kappa shape index (κ2) is 5.33. The lowest BCUT2D eigenvalue weighted by molar-refractivity contribution is -0.385. The standard InChI is InChI=1S/C14H17N3O4/c1-21-13-11(3-2-4-12(13)17(19)20)14(18)16-7-9-5-15-6-10(9)8-16/h2-4,9-10,15H,5-8H2,1H3. The van der Waals surface area contributed by atoms with Gasteiger partial charge >= 0.3 is 5.69 Å². The average Bonchev–Trinajstić information content (AvgIpc) is 3.06. The first kappa shape index (κ1) is 13.8. The van der Waals surface area contributed by atoms with Gasteiger partial charge in [0.05, 0.1) is 17.6 Å². The van der Waals surface area contributed by atoms with Gasteiger partial charge in [-0.15, -0.1) is 0 Å². The normalized spacial score (nSPS) is 24.0. The highest BCUT2D eigenvalue weighted by molar-refractivity contribution is 5.98. The van der Waals surface area contributed by atoms with Crippen LogP contribution < -0.4 is 10.1 Å². The molecule has 21 heavy (non-hydrogen) atoms. The van der Waals surface area contributed by atoms with Crippen LogP contribution in [0.15, 0.2) is 18.2 Å². The van der Waals surface area contributed by atoms with Crippen molar-refractivity contribution in [1.29, 1.82) is 0 Å². The molecule has 0 radical (unpaired) electrons. The molecule has 2 unspecified atom stereocenters. The number of likely N-dealkylation sites (tertiary alicyclic amines) is 1. The smallest absolute Gasteiger partial charge is 0.311 e. The molecule has 0 spiro atoms. The number of rotatable bonds is 3. The van der Waals surface area contributed by atoms with Crippen LogP contribution in [0.3, 0.4) is 0 Å². The minimum absolute atomic E-state index is 0.0442. The van der Waals surface area contributed by atoms with E-state index in [1.165, 1.54) is 19.2 Å². The highest BCUT2D eigenvalue weighted by atomic mass is 16.6. The first-order chi connectivity index (χ1) is 10.1. The predicted octanol–water partition coefficient (Wildman–Crippen LogP) is 0.895. The number of nitrogens with zero attached hydrogens (tertiary/aromatic N) is 2. The van der Waals surface area contributed by atoms with Gasteiger partial charge in [-0.1, -0.05) is 6.07 Å². The van der Waals surface area contributed by atoms with E-state index in [9.17, 15) is 14.9 Å². The number of carbonyl (C=O) groups is 1. The molecular weight excluding hydrogens is 274 g/mol. The Labute approximate surface area is 122 Å². The summed E-state index contributed by atoms with van der Waals surface area (Å²) in [7, 11) is 1.35. The predicted molar refractivity (Wildman–Crippen MR) is 75.4 cm³/mol. The monoisotopic (exact) mass is 291 g/mol. The molecule has 2 saturated heterocycles. The molecule has 1 aromatic carbocycles. The van der Waals surface area contributed by atoms with E-state index >= 15 is 0 Å². The van der Waals surface area contributed by atoms with Gasteiger partial charge < -0.3 is 15.0 Å². The lowest BCUT2D eigenvalue weighted by Crippen LogP contribution is -2.32. The second-order valence-electron chi connectivity index (χ2n) is 5.50. The number of hydrogen-bond acceptors (Lipinski definition) is 5. The summed E-state index contributed by atoms with van der Waals surface area (Å²) in [5.41, 5.74) is 0.0871. The van der Waals surface area contributed by atoms with E-state index in [0.717, 1.165) is 13.1 Å². The van der Waals surface area contributed by atoms with Crippen LogP contribution in [0.25, 0.3) is 0 Å². The van der Waals surface area contributed by atoms with E-state index in [-0.39, 0.29) is 22.9 Å². The molecule has 0 aliphatic carbocycles. The first-order valence-corrected chi connectivity index (χ1v) is 6.93. The molecule has 2 fully saturated rings. The number of fused-ring (bicyclic) bond motifs is 1. The first-order valence-electron chi connectivity index (χ1n) is 6.93. The molecular formula is C14H17N3O4. The number of hydrogen-bond donors (Lipinski definition) is 1. The number of carbonyl (C=O) groups excluding carboxylic acids is 1. The molecule has 0 aromatic heterocycles. The Morgan fingerprint density at radius 1 is 1.38 bits per heavy atom. The fraction of sp³-hybridized carbons (Fsp3) is 0.500. The van der Waals surface area contributed by atoms with E-state index in [0.29, 0.717) is 24.9 Å². The van der Waals surface area contributed by atoms with Crippen molar-refractivity contribution in [3.63, 3.8) is 0 Å². The van der Waals surface area contributed by atoms with Gasteiger partial charge in [0.1, 0.15) is 0 Å². The Morgan fingerprint density at radius 3 is 2.62 bits per heavy atom. The van der Waals surface area contributed by atoms with Crippen LogP contribution >= 0.6 is 0 Å². The van der Waals surface area contributed by atoms with Gasteiger partial charge in [-0.05, 0) is 17.9 Å². The second-order valence-corrected chi connectivity index (χ2v) is 5.50. The van der Waals surface area contributed by atoms with Gasteiger partial charge in [0.15, 0.2) is 0 Å². The summed E-state index contributed by atoms with van der Waals surface area (Å²) in [5, 5.41) is 14.3. The summed E-state index contributed by atoms with van der Waals surface area (Å²) in [5.74, 6) is 0.824. The lowest BCUT2D eigenvalue weighted by atomic mass is 10.0. The van der Waals surface area contributed by atoms with Gasteiger partial charge in [-0.25, -0.2) is 0 Å². The van der Waals surface area contributed by atoms with E-state index in [1.807, 2.05) is 0 Å². The number of amides is 1. The van der Waals surface area contributed by atoms with Crippen molar-refractivity contribution < 1.29 is 14.5 Å². The molecule has 7 nitrogen and oxygen atoms in total. The van der Waals surface area contributed by atoms with Gasteiger partial charge in [-0.3, -0.25) is 14.9 Å². The maximum absolute atomic E-state index is 12.6. The summed E-state index contributed by atoms with van der Waals surface area (Å²) < 4.78 is 5.11. The van der Waals surface area contributed by atoms with E-state index in [1.54, 1.807) is 11.0 Å². The Kier molecular flexibility index (Phi) is 3.50. The quantitative estimate of drug-likeness (QED) is 0.660. The van der Waals surface area contributed by atoms with Gasteiger partial charge in [0.2, 0.25) is 5.75 Å². The minimum Gasteiger partial charge on any atom is -0.490 e. The van der Waals surface area contributed by atoms with Crippen molar-refractivity contribution in [2.24, 2.45) is 11.8 Å². The van der Waals surface area contributed by atoms with Gasteiger partial charge in [-0.2, -0.15) is 0 Å². The summed E-state index contributed by atoms with van der Waals surface area (Å²) in [6.45, 7) is 3.26. The van der Waals surface area contributed by atoms with Crippen LogP contribution in [0.2, 0.25) is 0 Å². The van der Waals surface area contributed by atoms with Crippen LogP contribution in [0.4, 0.5) is 5.69 Å². The Balaban J connectivity index is 1.88. The number of methoxy groups -OCH3 is 1. The molecule has 3 rings (SSSR count). The fourth-order valence-electron chi connectivity index (χ4n) is 3.24. The Morgan fingerprint density at radius 2 is 2.05 bits per heavy atom. The lowest BCUT2D eigenvalue weighted by Gasteiger charge is -2.18. The number of para-hydroxylation sites is 1. The zero-order valence-electron chi connectivity index (χ0n) is 11.7. The molecule has 0 bridgehead atoms. The van der Waals surface area contributed by atoms with Crippen LogP contribution in [0, 0.1) is 22.0 Å². The molecule has 1 aromatic rings. The van der Waals surface area contributed by atoms with Crippen molar-refractivity contribution in [3.05, 3.63) is 33.9 Å². The average molecular weight is 291 g/mol. The summed E-state index contributed by atoms with van der Waals surface area (Å²) in [6.07, 6.45) is 0. The highest BCUT2D eigenvalue weighted by Crippen LogP contribution is 2.34.